The van der Waals surface area contributed by atoms with Gasteiger partial charge in [-0.05, 0) is 11.4 Å². The van der Waals surface area contributed by atoms with Gasteiger partial charge in [0.25, 0.3) is 0 Å². The highest BCUT2D eigenvalue weighted by Crippen LogP contribution is 2.27. The Kier molecular flexibility index (Phi) is 4.05. The van der Waals surface area contributed by atoms with Crippen LogP contribution in [0.3, 0.4) is 0 Å². The lowest BCUT2D eigenvalue weighted by atomic mass is 10.3. The van der Waals surface area contributed by atoms with Crippen molar-refractivity contribution in [1.82, 2.24) is 14.9 Å². The first-order valence-corrected chi connectivity index (χ1v) is 7.75. The largest absolute Gasteiger partial charge is 0.382 e. The highest BCUT2D eigenvalue weighted by Gasteiger charge is 2.21. The summed E-state index contributed by atoms with van der Waals surface area (Å²) >= 11 is 7.98. The highest BCUT2D eigenvalue weighted by atomic mass is 35.5. The molecule has 0 atom stereocenters. The number of rotatable bonds is 3. The van der Waals surface area contributed by atoms with E-state index in [1.54, 1.807) is 11.3 Å². The molecular weight excluding hydrogens is 294 g/mol. The molecule has 5 nitrogen and oxygen atoms in total. The molecule has 1 saturated heterocycles. The third-order valence-electron chi connectivity index (χ3n) is 3.43. The molecule has 0 saturated carbocycles. The summed E-state index contributed by atoms with van der Waals surface area (Å²) in [7, 11) is 0. The number of anilines is 2. The minimum Gasteiger partial charge on any atom is -0.382 e. The minimum atomic E-state index is 0.345. The van der Waals surface area contributed by atoms with Gasteiger partial charge in [-0.2, -0.15) is 0 Å². The number of halogens is 1. The number of nitrogens with two attached hydrogens (primary N) is 1. The summed E-state index contributed by atoms with van der Waals surface area (Å²) in [5, 5.41) is 2.58. The average Bonchev–Trinajstić information content (AvgIpc) is 2.96. The Balaban J connectivity index is 1.62. The van der Waals surface area contributed by atoms with Gasteiger partial charge in [0.1, 0.15) is 17.2 Å². The molecule has 2 aromatic rings. The highest BCUT2D eigenvalue weighted by molar-refractivity contribution is 7.09. The van der Waals surface area contributed by atoms with Crippen LogP contribution in [0.15, 0.2) is 23.8 Å². The van der Waals surface area contributed by atoms with E-state index in [1.165, 1.54) is 11.2 Å². The zero-order valence-electron chi connectivity index (χ0n) is 11.0. The molecule has 1 aliphatic rings. The molecule has 106 valence electrons. The molecule has 3 rings (SSSR count). The number of thiophene rings is 1. The van der Waals surface area contributed by atoms with Gasteiger partial charge < -0.3 is 10.6 Å². The summed E-state index contributed by atoms with van der Waals surface area (Å²) in [5.41, 5.74) is 5.73. The van der Waals surface area contributed by atoms with Crippen molar-refractivity contribution >= 4 is 34.6 Å². The average molecular weight is 310 g/mol. The first-order chi connectivity index (χ1) is 9.74. The van der Waals surface area contributed by atoms with Gasteiger partial charge in [0.05, 0.1) is 0 Å². The quantitative estimate of drug-likeness (QED) is 0.941. The van der Waals surface area contributed by atoms with Crippen LogP contribution in [0.2, 0.25) is 5.02 Å². The van der Waals surface area contributed by atoms with E-state index < -0.39 is 0 Å². The second-order valence-electron chi connectivity index (χ2n) is 4.74. The van der Waals surface area contributed by atoms with Crippen molar-refractivity contribution in [2.75, 3.05) is 36.8 Å². The Hall–Kier alpha value is -1.37. The van der Waals surface area contributed by atoms with E-state index in [0.717, 1.165) is 38.5 Å². The molecule has 1 fully saturated rings. The van der Waals surface area contributed by atoms with Gasteiger partial charge in [0.2, 0.25) is 0 Å². The molecular formula is C13H16ClN5S. The third kappa shape index (κ3) is 2.87. The summed E-state index contributed by atoms with van der Waals surface area (Å²) < 4.78 is 0. The van der Waals surface area contributed by atoms with E-state index in [0.29, 0.717) is 10.8 Å². The number of nitrogen functional groups attached to an aromatic ring is 1. The second kappa shape index (κ2) is 5.95. The molecule has 0 spiro atoms. The molecule has 0 unspecified atom stereocenters. The maximum absolute atomic E-state index is 6.17. The number of hydrogen-bond acceptors (Lipinski definition) is 6. The van der Waals surface area contributed by atoms with Crippen LogP contribution in [-0.4, -0.2) is 41.0 Å². The normalized spacial score (nSPS) is 16.6. The van der Waals surface area contributed by atoms with E-state index in [4.69, 9.17) is 17.3 Å². The summed E-state index contributed by atoms with van der Waals surface area (Å²) in [5.74, 6) is 1.09. The van der Waals surface area contributed by atoms with E-state index >= 15 is 0 Å². The van der Waals surface area contributed by atoms with Crippen LogP contribution in [0.5, 0.6) is 0 Å². The Morgan fingerprint density at radius 1 is 1.25 bits per heavy atom. The van der Waals surface area contributed by atoms with Crippen molar-refractivity contribution in [1.29, 1.82) is 0 Å². The Bertz CT molecular complexity index is 566. The van der Waals surface area contributed by atoms with Crippen LogP contribution in [0.25, 0.3) is 0 Å². The van der Waals surface area contributed by atoms with Gasteiger partial charge in [0.15, 0.2) is 5.82 Å². The fraction of sp³-hybridized carbons (Fsp3) is 0.385. The molecule has 7 heteroatoms. The van der Waals surface area contributed by atoms with Crippen LogP contribution in [-0.2, 0) is 6.54 Å². The number of nitrogens with zero attached hydrogens (tertiary/aromatic N) is 4. The molecule has 0 amide bonds. The van der Waals surface area contributed by atoms with Crippen LogP contribution in [0.1, 0.15) is 4.88 Å². The monoisotopic (exact) mass is 309 g/mol. The van der Waals surface area contributed by atoms with Gasteiger partial charge in [-0.3, -0.25) is 4.90 Å². The fourth-order valence-electron chi connectivity index (χ4n) is 2.33. The first kappa shape index (κ1) is 13.6. The van der Waals surface area contributed by atoms with Crippen LogP contribution in [0, 0.1) is 0 Å². The predicted molar refractivity (Wildman–Crippen MR) is 83.3 cm³/mol. The van der Waals surface area contributed by atoms with Gasteiger partial charge in [-0.25, -0.2) is 9.97 Å². The Morgan fingerprint density at radius 2 is 2.05 bits per heavy atom. The Morgan fingerprint density at radius 3 is 2.75 bits per heavy atom. The van der Waals surface area contributed by atoms with Crippen molar-refractivity contribution in [3.63, 3.8) is 0 Å². The lowest BCUT2D eigenvalue weighted by Gasteiger charge is -2.35. The molecule has 3 heterocycles. The lowest BCUT2D eigenvalue weighted by Crippen LogP contribution is -2.46. The van der Waals surface area contributed by atoms with Gasteiger partial charge in [0, 0.05) is 37.6 Å². The first-order valence-electron chi connectivity index (χ1n) is 6.49. The zero-order chi connectivity index (χ0) is 13.9. The Labute approximate surface area is 127 Å². The molecule has 2 N–H and O–H groups in total. The number of hydrogen-bond donors (Lipinski definition) is 1. The zero-order valence-corrected chi connectivity index (χ0v) is 12.6. The lowest BCUT2D eigenvalue weighted by molar-refractivity contribution is 0.251. The van der Waals surface area contributed by atoms with Crippen molar-refractivity contribution in [2.45, 2.75) is 6.54 Å². The molecule has 0 aromatic carbocycles. The number of aromatic nitrogens is 2. The van der Waals surface area contributed by atoms with Crippen LogP contribution >= 0.6 is 22.9 Å². The summed E-state index contributed by atoms with van der Waals surface area (Å²) in [4.78, 5) is 14.2. The van der Waals surface area contributed by atoms with Gasteiger partial charge in [-0.1, -0.05) is 17.7 Å². The van der Waals surface area contributed by atoms with Gasteiger partial charge >= 0.3 is 0 Å². The van der Waals surface area contributed by atoms with Crippen molar-refractivity contribution in [3.05, 3.63) is 33.7 Å². The van der Waals surface area contributed by atoms with Crippen molar-refractivity contribution in [2.24, 2.45) is 0 Å². The second-order valence-corrected chi connectivity index (χ2v) is 6.15. The number of piperazine rings is 1. The summed E-state index contributed by atoms with van der Waals surface area (Å²) in [6.45, 7) is 4.82. The van der Waals surface area contributed by atoms with E-state index in [2.05, 4.69) is 37.3 Å². The summed E-state index contributed by atoms with van der Waals surface area (Å²) in [6.07, 6.45) is 1.47. The summed E-state index contributed by atoms with van der Waals surface area (Å²) in [6, 6.07) is 4.28. The van der Waals surface area contributed by atoms with Gasteiger partial charge in [-0.15, -0.1) is 11.3 Å². The standard InChI is InChI=1S/C13H16ClN5S/c14-11-12(15)16-9-17-13(11)19-5-3-18(4-6-19)8-10-2-1-7-20-10/h1-2,7,9H,3-6,8H2,(H2,15,16,17). The van der Waals surface area contributed by atoms with Crippen molar-refractivity contribution < 1.29 is 0 Å². The maximum atomic E-state index is 6.17. The molecule has 0 radical (unpaired) electrons. The van der Waals surface area contributed by atoms with E-state index in [1.807, 2.05) is 0 Å². The minimum absolute atomic E-state index is 0.345. The van der Waals surface area contributed by atoms with Crippen molar-refractivity contribution in [3.8, 4) is 0 Å². The SMILES string of the molecule is Nc1ncnc(N2CCN(Cc3cccs3)CC2)c1Cl. The third-order valence-corrected chi connectivity index (χ3v) is 4.65. The smallest absolute Gasteiger partial charge is 0.153 e. The van der Waals surface area contributed by atoms with Crippen LogP contribution < -0.4 is 10.6 Å². The molecule has 0 bridgehead atoms. The maximum Gasteiger partial charge on any atom is 0.153 e. The van der Waals surface area contributed by atoms with Crippen LogP contribution in [0.4, 0.5) is 11.6 Å². The predicted octanol–water partition coefficient (Wildman–Crippen LogP) is 2.10. The molecule has 1 aliphatic heterocycles. The van der Waals surface area contributed by atoms with E-state index in [-0.39, 0.29) is 0 Å². The molecule has 2 aromatic heterocycles. The van der Waals surface area contributed by atoms with E-state index in [9.17, 15) is 0 Å². The topological polar surface area (TPSA) is 58.3 Å². The molecule has 20 heavy (non-hydrogen) atoms. The fourth-order valence-corrected chi connectivity index (χ4v) is 3.30. The molecule has 0 aliphatic carbocycles.